The summed E-state index contributed by atoms with van der Waals surface area (Å²) in [6.07, 6.45) is 5.48. The molecular formula is C8H13Cl2Hf-. The van der Waals surface area contributed by atoms with Crippen LogP contribution in [0.2, 0.25) is 0 Å². The molecule has 1 aliphatic rings. The van der Waals surface area contributed by atoms with Gasteiger partial charge in [-0.15, -0.1) is 24.8 Å². The molecule has 0 aromatic heterocycles. The molecule has 0 saturated carbocycles. The predicted octanol–water partition coefficient (Wildman–Crippen LogP) is 3.17. The fraction of sp³-hybridized carbons (Fsp3) is 0.500. The SMILES string of the molecule is CC1=[C-]C(C)C(C)=C1.Cl.Cl.[Hf]. The van der Waals surface area contributed by atoms with Crippen molar-refractivity contribution < 1.29 is 25.8 Å². The van der Waals surface area contributed by atoms with E-state index in [2.05, 4.69) is 32.9 Å². The maximum Gasteiger partial charge on any atom is 0 e. The molecule has 1 aliphatic carbocycles. The summed E-state index contributed by atoms with van der Waals surface area (Å²) >= 11 is 0. The fourth-order valence-corrected chi connectivity index (χ4v) is 0.964. The van der Waals surface area contributed by atoms with Crippen LogP contribution in [0.1, 0.15) is 20.8 Å². The molecule has 0 spiro atoms. The van der Waals surface area contributed by atoms with E-state index in [1.807, 2.05) is 0 Å². The molecule has 64 valence electrons. The molecular weight excluding hydrogens is 345 g/mol. The van der Waals surface area contributed by atoms with Crippen molar-refractivity contribution in [3.05, 3.63) is 23.3 Å². The summed E-state index contributed by atoms with van der Waals surface area (Å²) in [4.78, 5) is 0. The van der Waals surface area contributed by atoms with Crippen molar-refractivity contribution in [1.29, 1.82) is 0 Å². The van der Waals surface area contributed by atoms with Crippen molar-refractivity contribution in [1.82, 2.24) is 0 Å². The normalized spacial score (nSPS) is 20.1. The zero-order chi connectivity index (χ0) is 6.15. The van der Waals surface area contributed by atoms with Crippen LogP contribution in [0.25, 0.3) is 0 Å². The Morgan fingerprint density at radius 2 is 1.73 bits per heavy atom. The van der Waals surface area contributed by atoms with Gasteiger partial charge in [0.25, 0.3) is 0 Å². The molecule has 0 aliphatic heterocycles. The summed E-state index contributed by atoms with van der Waals surface area (Å²) in [5, 5.41) is 0. The van der Waals surface area contributed by atoms with Gasteiger partial charge in [-0.1, -0.05) is 26.7 Å². The van der Waals surface area contributed by atoms with E-state index in [0.29, 0.717) is 5.92 Å². The zero-order valence-electron chi connectivity index (χ0n) is 6.97. The van der Waals surface area contributed by atoms with Crippen LogP contribution >= 0.6 is 24.8 Å². The first-order chi connectivity index (χ1) is 3.70. The van der Waals surface area contributed by atoms with Crippen LogP contribution in [0.3, 0.4) is 0 Å². The summed E-state index contributed by atoms with van der Waals surface area (Å²) in [6, 6.07) is 0. The van der Waals surface area contributed by atoms with Crippen molar-refractivity contribution in [2.75, 3.05) is 0 Å². The minimum atomic E-state index is 0. The molecule has 0 heterocycles. The van der Waals surface area contributed by atoms with Gasteiger partial charge in [0.05, 0.1) is 0 Å². The number of hydrogen-bond acceptors (Lipinski definition) is 0. The monoisotopic (exact) mass is 359 g/mol. The van der Waals surface area contributed by atoms with Crippen molar-refractivity contribution in [2.45, 2.75) is 20.8 Å². The molecule has 0 N–H and O–H groups in total. The molecule has 0 nitrogen and oxygen atoms in total. The first-order valence-corrected chi connectivity index (χ1v) is 2.98. The predicted molar refractivity (Wildman–Crippen MR) is 49.8 cm³/mol. The third-order valence-corrected chi connectivity index (χ3v) is 1.57. The molecule has 0 aromatic carbocycles. The molecule has 0 radical (unpaired) electrons. The van der Waals surface area contributed by atoms with Gasteiger partial charge in [-0.25, -0.2) is 11.6 Å². The molecule has 11 heavy (non-hydrogen) atoms. The molecule has 0 amide bonds. The smallest absolute Gasteiger partial charge is 0 e. The fourth-order valence-electron chi connectivity index (χ4n) is 0.964. The molecule has 1 unspecified atom stereocenters. The van der Waals surface area contributed by atoms with Crippen LogP contribution in [0.5, 0.6) is 0 Å². The Kier molecular flexibility index (Phi) is 12.3. The number of hydrogen-bond donors (Lipinski definition) is 0. The van der Waals surface area contributed by atoms with Crippen LogP contribution < -0.4 is 0 Å². The van der Waals surface area contributed by atoms with Gasteiger partial charge in [-0.3, -0.25) is 6.08 Å². The van der Waals surface area contributed by atoms with E-state index in [4.69, 9.17) is 0 Å². The van der Waals surface area contributed by atoms with Gasteiger partial charge in [-0.05, 0) is 0 Å². The van der Waals surface area contributed by atoms with Gasteiger partial charge in [0, 0.05) is 25.8 Å². The van der Waals surface area contributed by atoms with E-state index < -0.39 is 0 Å². The molecule has 1 rings (SSSR count). The summed E-state index contributed by atoms with van der Waals surface area (Å²) in [7, 11) is 0. The van der Waals surface area contributed by atoms with E-state index in [-0.39, 0.29) is 50.7 Å². The average Bonchev–Trinajstić information content (AvgIpc) is 1.85. The zero-order valence-corrected chi connectivity index (χ0v) is 12.2. The molecule has 0 saturated heterocycles. The van der Waals surface area contributed by atoms with E-state index in [1.54, 1.807) is 0 Å². The maximum absolute atomic E-state index is 3.29. The van der Waals surface area contributed by atoms with E-state index in [1.165, 1.54) is 11.1 Å². The second-order valence-corrected chi connectivity index (χ2v) is 2.44. The average molecular weight is 359 g/mol. The van der Waals surface area contributed by atoms with Gasteiger partial charge in [0.2, 0.25) is 0 Å². The quantitative estimate of drug-likeness (QED) is 0.461. The van der Waals surface area contributed by atoms with E-state index in [0.717, 1.165) is 0 Å². The summed E-state index contributed by atoms with van der Waals surface area (Å²) < 4.78 is 0. The molecule has 3 heteroatoms. The van der Waals surface area contributed by atoms with Crippen LogP contribution in [0.4, 0.5) is 0 Å². The largest absolute Gasteiger partial charge is 0.266 e. The van der Waals surface area contributed by atoms with Crippen molar-refractivity contribution in [3.8, 4) is 0 Å². The molecule has 0 aromatic rings. The van der Waals surface area contributed by atoms with Crippen LogP contribution in [-0.4, -0.2) is 0 Å². The summed E-state index contributed by atoms with van der Waals surface area (Å²) in [5.41, 5.74) is 2.72. The first kappa shape index (κ1) is 17.9. The molecule has 0 bridgehead atoms. The third kappa shape index (κ3) is 5.21. The second-order valence-electron chi connectivity index (χ2n) is 2.44. The third-order valence-electron chi connectivity index (χ3n) is 1.57. The van der Waals surface area contributed by atoms with Crippen molar-refractivity contribution in [3.63, 3.8) is 0 Å². The Bertz CT molecular complexity index is 161. The Hall–Kier alpha value is 0.930. The number of allylic oxidation sites excluding steroid dienone is 4. The van der Waals surface area contributed by atoms with E-state index in [9.17, 15) is 0 Å². The molecule has 1 atom stereocenters. The maximum atomic E-state index is 3.29. The number of halogens is 2. The topological polar surface area (TPSA) is 0 Å². The number of rotatable bonds is 0. The van der Waals surface area contributed by atoms with Gasteiger partial charge >= 0.3 is 0 Å². The Balaban J connectivity index is -0.000000213. The van der Waals surface area contributed by atoms with Crippen molar-refractivity contribution in [2.24, 2.45) is 5.92 Å². The van der Waals surface area contributed by atoms with Crippen LogP contribution in [-0.2, 0) is 25.8 Å². The van der Waals surface area contributed by atoms with Gasteiger partial charge in [0.1, 0.15) is 0 Å². The van der Waals surface area contributed by atoms with Gasteiger partial charge < -0.3 is 0 Å². The first-order valence-electron chi connectivity index (χ1n) is 2.98. The molecule has 0 fully saturated rings. The summed E-state index contributed by atoms with van der Waals surface area (Å²) in [5.74, 6) is 0.565. The van der Waals surface area contributed by atoms with E-state index >= 15 is 0 Å². The standard InChI is InChI=1S/C8H11.2ClH.Hf/c1-6-4-7(2)8(3)5-6;;;/h4,8H,1-3H3;2*1H;/q-1;;;. The van der Waals surface area contributed by atoms with Crippen LogP contribution in [0, 0.1) is 12.0 Å². The second kappa shape index (κ2) is 7.57. The Morgan fingerprint density at radius 1 is 1.27 bits per heavy atom. The Labute approximate surface area is 100 Å². The minimum Gasteiger partial charge on any atom is -0.266 e. The van der Waals surface area contributed by atoms with Gasteiger partial charge in [0.15, 0.2) is 0 Å². The minimum absolute atomic E-state index is 0. The van der Waals surface area contributed by atoms with Crippen molar-refractivity contribution >= 4 is 24.8 Å². The Morgan fingerprint density at radius 3 is 1.82 bits per heavy atom. The summed E-state index contributed by atoms with van der Waals surface area (Å²) in [6.45, 7) is 6.41. The van der Waals surface area contributed by atoms with Crippen LogP contribution in [0.15, 0.2) is 17.2 Å². The van der Waals surface area contributed by atoms with Gasteiger partial charge in [-0.2, -0.15) is 5.57 Å².